The number of anilines is 1. The lowest BCUT2D eigenvalue weighted by Crippen LogP contribution is -2.37. The number of halogens is 2. The van der Waals surface area contributed by atoms with Crippen LogP contribution in [0, 0.1) is 0 Å². The van der Waals surface area contributed by atoms with Gasteiger partial charge in [0.1, 0.15) is 5.82 Å². The summed E-state index contributed by atoms with van der Waals surface area (Å²) in [6.07, 6.45) is 1.79. The van der Waals surface area contributed by atoms with Crippen LogP contribution in [-0.2, 0) is 11.3 Å². The maximum atomic E-state index is 12.4. The van der Waals surface area contributed by atoms with Crippen LogP contribution in [0.1, 0.15) is 17.3 Å². The number of nitrogens with zero attached hydrogens (tertiary/aromatic N) is 5. The Balaban J connectivity index is 1.52. The van der Waals surface area contributed by atoms with Crippen LogP contribution in [0.2, 0.25) is 10.0 Å². The number of nitrogens with one attached hydrogen (secondary N) is 1. The van der Waals surface area contributed by atoms with Crippen molar-refractivity contribution in [3.05, 3.63) is 40.0 Å². The van der Waals surface area contributed by atoms with Crippen LogP contribution in [0.3, 0.4) is 0 Å². The third-order valence-corrected chi connectivity index (χ3v) is 5.94. The normalized spacial score (nSPS) is 14.2. The molecule has 8 nitrogen and oxygen atoms in total. The highest BCUT2D eigenvalue weighted by Gasteiger charge is 2.20. The Kier molecular flexibility index (Phi) is 7.16. The van der Waals surface area contributed by atoms with Gasteiger partial charge in [-0.25, -0.2) is 14.6 Å². The molecule has 1 saturated heterocycles. The molecule has 0 saturated carbocycles. The maximum absolute atomic E-state index is 12.4. The van der Waals surface area contributed by atoms with Crippen molar-refractivity contribution in [1.29, 1.82) is 0 Å². The van der Waals surface area contributed by atoms with Crippen molar-refractivity contribution in [1.82, 2.24) is 25.1 Å². The fourth-order valence-corrected chi connectivity index (χ4v) is 4.44. The number of hydrogen-bond donors (Lipinski definition) is 1. The number of rotatable bonds is 7. The van der Waals surface area contributed by atoms with E-state index in [1.54, 1.807) is 40.8 Å². The highest BCUT2D eigenvalue weighted by Crippen LogP contribution is 2.27. The molecule has 1 aliphatic heterocycles. The molecule has 31 heavy (non-hydrogen) atoms. The third-order valence-electron chi connectivity index (χ3n) is 4.77. The maximum Gasteiger partial charge on any atom is 0.251 e. The number of carbonyl (C=O) groups excluding carboxylic acids is 1. The summed E-state index contributed by atoms with van der Waals surface area (Å²) in [6.45, 7) is 5.84. The summed E-state index contributed by atoms with van der Waals surface area (Å²) in [4.78, 5) is 24.1. The average Bonchev–Trinajstić information content (AvgIpc) is 3.16. The van der Waals surface area contributed by atoms with Gasteiger partial charge in [0.05, 0.1) is 31.3 Å². The van der Waals surface area contributed by atoms with Crippen LogP contribution in [0.25, 0.3) is 11.0 Å². The van der Waals surface area contributed by atoms with E-state index in [9.17, 15) is 4.79 Å². The molecule has 1 amide bonds. The molecule has 0 atom stereocenters. The molecule has 4 rings (SSSR count). The fourth-order valence-electron chi connectivity index (χ4n) is 3.36. The Bertz CT molecular complexity index is 1070. The van der Waals surface area contributed by atoms with E-state index in [2.05, 4.69) is 22.2 Å². The van der Waals surface area contributed by atoms with Gasteiger partial charge in [0.2, 0.25) is 0 Å². The van der Waals surface area contributed by atoms with Crippen molar-refractivity contribution in [2.75, 3.05) is 43.5 Å². The Morgan fingerprint density at radius 2 is 1.94 bits per heavy atom. The van der Waals surface area contributed by atoms with E-state index in [1.807, 2.05) is 0 Å². The first-order valence-corrected chi connectivity index (χ1v) is 11.7. The highest BCUT2D eigenvalue weighted by molar-refractivity contribution is 7.99. The van der Waals surface area contributed by atoms with E-state index in [0.717, 1.165) is 40.9 Å². The molecular weight excluding hydrogens is 459 g/mol. The first kappa shape index (κ1) is 22.1. The zero-order valence-electron chi connectivity index (χ0n) is 17.0. The summed E-state index contributed by atoms with van der Waals surface area (Å²) in [5.41, 5.74) is 1.17. The molecule has 3 aromatic rings. The van der Waals surface area contributed by atoms with Crippen molar-refractivity contribution in [3.63, 3.8) is 0 Å². The van der Waals surface area contributed by atoms with E-state index in [-0.39, 0.29) is 5.91 Å². The van der Waals surface area contributed by atoms with E-state index in [1.165, 1.54) is 0 Å². The smallest absolute Gasteiger partial charge is 0.251 e. The topological polar surface area (TPSA) is 85.2 Å². The van der Waals surface area contributed by atoms with Gasteiger partial charge in [-0.05, 0) is 24.0 Å². The monoisotopic (exact) mass is 480 g/mol. The van der Waals surface area contributed by atoms with Crippen LogP contribution in [0.15, 0.2) is 29.6 Å². The van der Waals surface area contributed by atoms with Gasteiger partial charge in [-0.1, -0.05) is 41.9 Å². The van der Waals surface area contributed by atoms with Gasteiger partial charge in [-0.15, -0.1) is 0 Å². The second-order valence-electron chi connectivity index (χ2n) is 6.88. The molecule has 0 unspecified atom stereocenters. The summed E-state index contributed by atoms with van der Waals surface area (Å²) in [5, 5.41) is 9.84. The molecule has 0 bridgehead atoms. The number of morpholine rings is 1. The number of thioether (sulfide) groups is 1. The van der Waals surface area contributed by atoms with E-state index >= 15 is 0 Å². The van der Waals surface area contributed by atoms with Gasteiger partial charge in [-0.3, -0.25) is 4.79 Å². The number of hydrogen-bond acceptors (Lipinski definition) is 7. The molecule has 1 aliphatic rings. The first-order chi connectivity index (χ1) is 15.0. The number of fused-ring (bicyclic) bond motifs is 1. The van der Waals surface area contributed by atoms with E-state index in [0.29, 0.717) is 41.9 Å². The lowest BCUT2D eigenvalue weighted by Gasteiger charge is -2.28. The summed E-state index contributed by atoms with van der Waals surface area (Å²) in [5.74, 6) is 1.51. The van der Waals surface area contributed by atoms with Crippen molar-refractivity contribution in [2.45, 2.75) is 18.6 Å². The van der Waals surface area contributed by atoms with Crippen LogP contribution >= 0.6 is 35.0 Å². The molecule has 11 heteroatoms. The predicted octanol–water partition coefficient (Wildman–Crippen LogP) is 3.51. The minimum atomic E-state index is -0.244. The standard InChI is InChI=1S/C20H22Cl2N6O2S/c1-2-31-20-25-17(27-5-7-30-8-6-27)16-12-24-28(18(16)26-20)4-3-23-19(29)13-9-14(21)11-15(22)10-13/h9-12H,2-8H2,1H3,(H,23,29). The quantitative estimate of drug-likeness (QED) is 0.408. The lowest BCUT2D eigenvalue weighted by atomic mass is 10.2. The SMILES string of the molecule is CCSc1nc(N2CCOCC2)c2cnn(CCNC(=O)c3cc(Cl)cc(Cl)c3)c2n1. The first-order valence-electron chi connectivity index (χ1n) is 9.98. The zero-order valence-corrected chi connectivity index (χ0v) is 19.3. The summed E-state index contributed by atoms with van der Waals surface area (Å²) in [7, 11) is 0. The fraction of sp³-hybridized carbons (Fsp3) is 0.400. The average molecular weight is 481 g/mol. The predicted molar refractivity (Wildman–Crippen MR) is 124 cm³/mol. The van der Waals surface area contributed by atoms with E-state index in [4.69, 9.17) is 37.9 Å². The van der Waals surface area contributed by atoms with Crippen molar-refractivity contribution >= 4 is 57.7 Å². The van der Waals surface area contributed by atoms with Gasteiger partial charge in [0.15, 0.2) is 10.8 Å². The largest absolute Gasteiger partial charge is 0.378 e. The van der Waals surface area contributed by atoms with Crippen molar-refractivity contribution in [2.24, 2.45) is 0 Å². The zero-order chi connectivity index (χ0) is 21.8. The van der Waals surface area contributed by atoms with Crippen molar-refractivity contribution < 1.29 is 9.53 Å². The van der Waals surface area contributed by atoms with Gasteiger partial charge < -0.3 is 15.0 Å². The summed E-state index contributed by atoms with van der Waals surface area (Å²) >= 11 is 13.6. The highest BCUT2D eigenvalue weighted by atomic mass is 35.5. The van der Waals surface area contributed by atoms with Crippen LogP contribution < -0.4 is 10.2 Å². The van der Waals surface area contributed by atoms with Gasteiger partial charge in [0, 0.05) is 35.2 Å². The number of amides is 1. The molecule has 0 spiro atoms. The Hall–Kier alpha value is -2.07. The molecule has 0 aliphatic carbocycles. The van der Waals surface area contributed by atoms with Crippen LogP contribution in [0.5, 0.6) is 0 Å². The molecule has 1 N–H and O–H groups in total. The Morgan fingerprint density at radius 3 is 2.65 bits per heavy atom. The number of aromatic nitrogens is 4. The molecule has 3 heterocycles. The summed E-state index contributed by atoms with van der Waals surface area (Å²) in [6, 6.07) is 4.76. The third kappa shape index (κ3) is 5.23. The molecule has 1 aromatic carbocycles. The Labute approximate surface area is 194 Å². The van der Waals surface area contributed by atoms with Gasteiger partial charge in [0.25, 0.3) is 5.91 Å². The Morgan fingerprint density at radius 1 is 1.19 bits per heavy atom. The molecule has 1 fully saturated rings. The van der Waals surface area contributed by atoms with Crippen molar-refractivity contribution in [3.8, 4) is 0 Å². The van der Waals surface area contributed by atoms with Gasteiger partial charge >= 0.3 is 0 Å². The number of benzene rings is 1. The number of ether oxygens (including phenoxy) is 1. The lowest BCUT2D eigenvalue weighted by molar-refractivity contribution is 0.0952. The molecule has 164 valence electrons. The molecule has 2 aromatic heterocycles. The number of carbonyl (C=O) groups is 1. The van der Waals surface area contributed by atoms with E-state index < -0.39 is 0 Å². The second-order valence-corrected chi connectivity index (χ2v) is 8.99. The minimum Gasteiger partial charge on any atom is -0.378 e. The van der Waals surface area contributed by atoms with Crippen LogP contribution in [-0.4, -0.2) is 64.3 Å². The second kappa shape index (κ2) is 10.0. The molecular formula is C20H22Cl2N6O2S. The van der Waals surface area contributed by atoms with Gasteiger partial charge in [-0.2, -0.15) is 5.10 Å². The van der Waals surface area contributed by atoms with Crippen LogP contribution in [0.4, 0.5) is 5.82 Å². The minimum absolute atomic E-state index is 0.244. The molecule has 0 radical (unpaired) electrons. The summed E-state index contributed by atoms with van der Waals surface area (Å²) < 4.78 is 7.27.